The standard InChI is InChI=1S/C14H16N2O3/c1-14(19,10-17)9-16-13(18)6-5-11-3-2-4-12(7-11)8-15/h2-7,17,19H,9-10H2,1H3,(H,16,18). The Kier molecular flexibility index (Phi) is 5.24. The SMILES string of the molecule is CC(O)(CO)CNC(=O)C=Cc1cccc(C#N)c1. The molecule has 0 aliphatic heterocycles. The summed E-state index contributed by atoms with van der Waals surface area (Å²) in [7, 11) is 0. The summed E-state index contributed by atoms with van der Waals surface area (Å²) in [6.07, 6.45) is 2.88. The molecular weight excluding hydrogens is 244 g/mol. The number of benzene rings is 1. The van der Waals surface area contributed by atoms with E-state index in [-0.39, 0.29) is 12.5 Å². The van der Waals surface area contributed by atoms with Gasteiger partial charge in [0.05, 0.1) is 18.2 Å². The Balaban J connectivity index is 2.57. The molecule has 0 radical (unpaired) electrons. The molecule has 1 amide bonds. The van der Waals surface area contributed by atoms with E-state index in [9.17, 15) is 9.90 Å². The predicted molar refractivity (Wildman–Crippen MR) is 70.9 cm³/mol. The highest BCUT2D eigenvalue weighted by Gasteiger charge is 2.18. The van der Waals surface area contributed by atoms with E-state index in [1.165, 1.54) is 13.0 Å². The Bertz CT molecular complexity index is 516. The molecule has 19 heavy (non-hydrogen) atoms. The molecule has 0 aliphatic rings. The fourth-order valence-corrected chi connectivity index (χ4v) is 1.28. The Morgan fingerprint density at radius 3 is 2.95 bits per heavy atom. The Morgan fingerprint density at radius 1 is 1.58 bits per heavy atom. The van der Waals surface area contributed by atoms with Crippen LogP contribution in [0.3, 0.4) is 0 Å². The van der Waals surface area contributed by atoms with Crippen LogP contribution in [0.15, 0.2) is 30.3 Å². The topological polar surface area (TPSA) is 93.3 Å². The van der Waals surface area contributed by atoms with Crippen LogP contribution in [0.4, 0.5) is 0 Å². The normalized spacial score (nSPS) is 13.8. The molecule has 1 unspecified atom stereocenters. The van der Waals surface area contributed by atoms with Crippen molar-refractivity contribution in [3.8, 4) is 6.07 Å². The molecule has 0 saturated carbocycles. The van der Waals surface area contributed by atoms with Crippen molar-refractivity contribution in [2.24, 2.45) is 0 Å². The Labute approximate surface area is 111 Å². The van der Waals surface area contributed by atoms with Crippen molar-refractivity contribution in [3.05, 3.63) is 41.5 Å². The van der Waals surface area contributed by atoms with Crippen molar-refractivity contribution in [1.82, 2.24) is 5.32 Å². The molecule has 3 N–H and O–H groups in total. The van der Waals surface area contributed by atoms with Gasteiger partial charge in [-0.3, -0.25) is 4.79 Å². The summed E-state index contributed by atoms with van der Waals surface area (Å²) in [5.41, 5.74) is -0.0709. The van der Waals surface area contributed by atoms with Crippen molar-refractivity contribution in [3.63, 3.8) is 0 Å². The number of nitrogens with one attached hydrogen (secondary N) is 1. The largest absolute Gasteiger partial charge is 0.393 e. The maximum absolute atomic E-state index is 11.5. The molecule has 0 aliphatic carbocycles. The van der Waals surface area contributed by atoms with E-state index < -0.39 is 12.2 Å². The Hall–Kier alpha value is -2.16. The van der Waals surface area contributed by atoms with Gasteiger partial charge in [0.1, 0.15) is 5.60 Å². The number of hydrogen-bond acceptors (Lipinski definition) is 4. The summed E-state index contributed by atoms with van der Waals surface area (Å²) in [4.78, 5) is 11.5. The van der Waals surface area contributed by atoms with Crippen LogP contribution >= 0.6 is 0 Å². The second-order valence-electron chi connectivity index (χ2n) is 4.44. The fourth-order valence-electron chi connectivity index (χ4n) is 1.28. The molecule has 0 fully saturated rings. The fraction of sp³-hybridized carbons (Fsp3) is 0.286. The van der Waals surface area contributed by atoms with Gasteiger partial charge in [0.2, 0.25) is 5.91 Å². The van der Waals surface area contributed by atoms with Crippen molar-refractivity contribution in [2.75, 3.05) is 13.2 Å². The molecule has 100 valence electrons. The van der Waals surface area contributed by atoms with Crippen LogP contribution in [-0.4, -0.2) is 34.9 Å². The van der Waals surface area contributed by atoms with Gasteiger partial charge in [0.25, 0.3) is 0 Å². The molecule has 1 aromatic carbocycles. The third-order valence-electron chi connectivity index (χ3n) is 2.43. The monoisotopic (exact) mass is 260 g/mol. The first-order valence-corrected chi connectivity index (χ1v) is 5.76. The zero-order chi connectivity index (χ0) is 14.3. The summed E-state index contributed by atoms with van der Waals surface area (Å²) in [6, 6.07) is 8.85. The van der Waals surface area contributed by atoms with Crippen molar-refractivity contribution in [2.45, 2.75) is 12.5 Å². The van der Waals surface area contributed by atoms with E-state index >= 15 is 0 Å². The lowest BCUT2D eigenvalue weighted by Crippen LogP contribution is -2.42. The smallest absolute Gasteiger partial charge is 0.244 e. The average Bonchev–Trinajstić information content (AvgIpc) is 2.43. The summed E-state index contributed by atoms with van der Waals surface area (Å²) in [5, 5.41) is 29.5. The number of amides is 1. The lowest BCUT2D eigenvalue weighted by Gasteiger charge is -2.19. The highest BCUT2D eigenvalue weighted by molar-refractivity contribution is 5.91. The molecule has 0 spiro atoms. The number of carbonyl (C=O) groups excluding carboxylic acids is 1. The number of rotatable bonds is 5. The van der Waals surface area contributed by atoms with E-state index in [0.29, 0.717) is 5.56 Å². The number of carbonyl (C=O) groups is 1. The highest BCUT2D eigenvalue weighted by Crippen LogP contribution is 2.06. The van der Waals surface area contributed by atoms with Gasteiger partial charge in [0, 0.05) is 12.6 Å². The third kappa shape index (κ3) is 5.34. The molecule has 0 bridgehead atoms. The molecule has 1 rings (SSSR count). The minimum absolute atomic E-state index is 0.0368. The van der Waals surface area contributed by atoms with Crippen molar-refractivity contribution in [1.29, 1.82) is 5.26 Å². The summed E-state index contributed by atoms with van der Waals surface area (Å²) >= 11 is 0. The van der Waals surface area contributed by atoms with E-state index in [0.717, 1.165) is 5.56 Å². The first kappa shape index (κ1) is 14.9. The molecular formula is C14H16N2O3. The summed E-state index contributed by atoms with van der Waals surface area (Å²) in [6.45, 7) is 0.958. The van der Waals surface area contributed by atoms with Crippen LogP contribution in [0.1, 0.15) is 18.1 Å². The van der Waals surface area contributed by atoms with Gasteiger partial charge in [-0.1, -0.05) is 12.1 Å². The average molecular weight is 260 g/mol. The van der Waals surface area contributed by atoms with Crippen LogP contribution in [0, 0.1) is 11.3 Å². The van der Waals surface area contributed by atoms with Crippen molar-refractivity contribution >= 4 is 12.0 Å². The number of aliphatic hydroxyl groups is 2. The molecule has 5 nitrogen and oxygen atoms in total. The summed E-state index contributed by atoms with van der Waals surface area (Å²) in [5.74, 6) is -0.379. The van der Waals surface area contributed by atoms with Gasteiger partial charge in [-0.05, 0) is 30.7 Å². The molecule has 1 atom stereocenters. The van der Waals surface area contributed by atoms with E-state index in [1.54, 1.807) is 30.3 Å². The van der Waals surface area contributed by atoms with Crippen LogP contribution in [0.5, 0.6) is 0 Å². The second kappa shape index (κ2) is 6.69. The number of nitrogens with zero attached hydrogens (tertiary/aromatic N) is 1. The lowest BCUT2D eigenvalue weighted by molar-refractivity contribution is -0.117. The Morgan fingerprint density at radius 2 is 2.32 bits per heavy atom. The first-order valence-electron chi connectivity index (χ1n) is 5.76. The molecule has 1 aromatic rings. The van der Waals surface area contributed by atoms with Gasteiger partial charge in [0.15, 0.2) is 0 Å². The lowest BCUT2D eigenvalue weighted by atomic mass is 10.1. The molecule has 0 saturated heterocycles. The van der Waals surface area contributed by atoms with E-state index in [4.69, 9.17) is 10.4 Å². The third-order valence-corrected chi connectivity index (χ3v) is 2.43. The minimum atomic E-state index is -1.33. The van der Waals surface area contributed by atoms with Gasteiger partial charge in [-0.2, -0.15) is 5.26 Å². The van der Waals surface area contributed by atoms with Gasteiger partial charge in [-0.15, -0.1) is 0 Å². The quantitative estimate of drug-likeness (QED) is 0.669. The highest BCUT2D eigenvalue weighted by atomic mass is 16.3. The number of nitriles is 1. The number of hydrogen-bond donors (Lipinski definition) is 3. The van der Waals surface area contributed by atoms with Gasteiger partial charge >= 0.3 is 0 Å². The van der Waals surface area contributed by atoms with E-state index in [2.05, 4.69) is 5.32 Å². The number of aliphatic hydroxyl groups excluding tert-OH is 1. The minimum Gasteiger partial charge on any atom is -0.393 e. The van der Waals surface area contributed by atoms with E-state index in [1.807, 2.05) is 6.07 Å². The van der Waals surface area contributed by atoms with Crippen LogP contribution in [0.2, 0.25) is 0 Å². The van der Waals surface area contributed by atoms with Crippen LogP contribution < -0.4 is 5.32 Å². The van der Waals surface area contributed by atoms with Crippen molar-refractivity contribution < 1.29 is 15.0 Å². The molecule has 0 aromatic heterocycles. The zero-order valence-corrected chi connectivity index (χ0v) is 10.6. The maximum atomic E-state index is 11.5. The zero-order valence-electron chi connectivity index (χ0n) is 10.6. The predicted octanol–water partition coefficient (Wildman–Crippen LogP) is 0.431. The maximum Gasteiger partial charge on any atom is 0.244 e. The second-order valence-corrected chi connectivity index (χ2v) is 4.44. The van der Waals surface area contributed by atoms with Gasteiger partial charge in [-0.25, -0.2) is 0 Å². The van der Waals surface area contributed by atoms with Crippen LogP contribution in [0.25, 0.3) is 6.08 Å². The molecule has 0 heterocycles. The molecule has 5 heteroatoms. The summed E-state index contributed by atoms with van der Waals surface area (Å²) < 4.78 is 0. The van der Waals surface area contributed by atoms with Gasteiger partial charge < -0.3 is 15.5 Å². The first-order chi connectivity index (χ1) is 8.96. The van der Waals surface area contributed by atoms with Crippen LogP contribution in [-0.2, 0) is 4.79 Å².